The molecule has 3 heteroatoms. The molecule has 0 aromatic heterocycles. The normalized spacial score (nSPS) is 17.4. The van der Waals surface area contributed by atoms with Crippen molar-refractivity contribution in [3.63, 3.8) is 0 Å². The van der Waals surface area contributed by atoms with Crippen LogP contribution in [0, 0.1) is 0 Å². The van der Waals surface area contributed by atoms with Gasteiger partial charge in [-0.2, -0.15) is 0 Å². The average Bonchev–Trinajstić information content (AvgIpc) is 2.83. The number of phenols is 1. The minimum Gasteiger partial charge on any atom is -0.508 e. The first-order valence-corrected chi connectivity index (χ1v) is 7.32. The molecule has 3 rings (SSSR count). The highest BCUT2D eigenvalue weighted by Crippen LogP contribution is 2.31. The van der Waals surface area contributed by atoms with Crippen LogP contribution in [0.25, 0.3) is 0 Å². The van der Waals surface area contributed by atoms with Gasteiger partial charge in [-0.25, -0.2) is 0 Å². The molecule has 0 radical (unpaired) electrons. The Balaban J connectivity index is 1.72. The smallest absolute Gasteiger partial charge is 0.120 e. The standard InChI is InChI=1S/C16H16BrNO/c17-13-6-8-16(19)12(9-13)10-18-15-7-5-11-3-1-2-4-14(11)15/h1-4,6,8-9,15,18-19H,5,7,10H2/t15-/m1/s1. The fourth-order valence-corrected chi connectivity index (χ4v) is 3.11. The van der Waals surface area contributed by atoms with E-state index in [0.29, 0.717) is 18.3 Å². The van der Waals surface area contributed by atoms with Crippen molar-refractivity contribution >= 4 is 15.9 Å². The Morgan fingerprint density at radius 3 is 2.95 bits per heavy atom. The Morgan fingerprint density at radius 1 is 1.21 bits per heavy atom. The van der Waals surface area contributed by atoms with E-state index in [1.54, 1.807) is 6.07 Å². The van der Waals surface area contributed by atoms with Crippen LogP contribution >= 0.6 is 15.9 Å². The van der Waals surface area contributed by atoms with E-state index in [0.717, 1.165) is 22.9 Å². The second kappa shape index (κ2) is 5.35. The molecule has 2 nitrogen and oxygen atoms in total. The number of phenolic OH excluding ortho intramolecular Hbond substituents is 1. The number of hydrogen-bond donors (Lipinski definition) is 2. The van der Waals surface area contributed by atoms with Crippen LogP contribution in [-0.4, -0.2) is 5.11 Å². The van der Waals surface area contributed by atoms with Gasteiger partial charge in [0.05, 0.1) is 0 Å². The van der Waals surface area contributed by atoms with Gasteiger partial charge in [0.15, 0.2) is 0 Å². The van der Waals surface area contributed by atoms with Crippen molar-refractivity contribution in [2.45, 2.75) is 25.4 Å². The van der Waals surface area contributed by atoms with E-state index in [9.17, 15) is 5.11 Å². The third-order valence-corrected chi connectivity index (χ3v) is 4.21. The van der Waals surface area contributed by atoms with Crippen molar-refractivity contribution in [3.8, 4) is 5.75 Å². The average molecular weight is 318 g/mol. The molecule has 2 aromatic carbocycles. The highest BCUT2D eigenvalue weighted by atomic mass is 79.9. The number of nitrogens with one attached hydrogen (secondary N) is 1. The summed E-state index contributed by atoms with van der Waals surface area (Å²) in [5.41, 5.74) is 3.77. The maximum absolute atomic E-state index is 9.84. The molecule has 1 aliphatic carbocycles. The third-order valence-electron chi connectivity index (χ3n) is 3.71. The van der Waals surface area contributed by atoms with E-state index in [2.05, 4.69) is 45.5 Å². The van der Waals surface area contributed by atoms with Crippen LogP contribution in [0.15, 0.2) is 46.9 Å². The fraction of sp³-hybridized carbons (Fsp3) is 0.250. The van der Waals surface area contributed by atoms with Crippen LogP contribution < -0.4 is 5.32 Å². The van der Waals surface area contributed by atoms with Gasteiger partial charge in [-0.1, -0.05) is 40.2 Å². The minimum absolute atomic E-state index is 0.349. The lowest BCUT2D eigenvalue weighted by Crippen LogP contribution is -2.18. The van der Waals surface area contributed by atoms with E-state index in [4.69, 9.17) is 0 Å². The lowest BCUT2D eigenvalue weighted by molar-refractivity contribution is 0.456. The van der Waals surface area contributed by atoms with Crippen LogP contribution in [-0.2, 0) is 13.0 Å². The van der Waals surface area contributed by atoms with Crippen LogP contribution in [0.4, 0.5) is 0 Å². The second-order valence-corrected chi connectivity index (χ2v) is 5.86. The Hall–Kier alpha value is -1.32. The largest absolute Gasteiger partial charge is 0.508 e. The lowest BCUT2D eigenvalue weighted by Gasteiger charge is -2.15. The quantitative estimate of drug-likeness (QED) is 0.899. The number of aryl methyl sites for hydroxylation is 1. The van der Waals surface area contributed by atoms with E-state index in [1.807, 2.05) is 12.1 Å². The number of rotatable bonds is 3. The number of halogens is 1. The summed E-state index contributed by atoms with van der Waals surface area (Å²) in [5.74, 6) is 0.349. The molecule has 1 aliphatic rings. The second-order valence-electron chi connectivity index (χ2n) is 4.94. The zero-order chi connectivity index (χ0) is 13.2. The van der Waals surface area contributed by atoms with Crippen molar-refractivity contribution < 1.29 is 5.11 Å². The summed E-state index contributed by atoms with van der Waals surface area (Å²) >= 11 is 3.44. The molecule has 0 saturated heterocycles. The molecule has 0 spiro atoms. The summed E-state index contributed by atoms with van der Waals surface area (Å²) in [4.78, 5) is 0. The van der Waals surface area contributed by atoms with Gasteiger partial charge in [-0.15, -0.1) is 0 Å². The summed E-state index contributed by atoms with van der Waals surface area (Å²) < 4.78 is 0.994. The van der Waals surface area contributed by atoms with Gasteiger partial charge in [0.2, 0.25) is 0 Å². The van der Waals surface area contributed by atoms with Gasteiger partial charge < -0.3 is 10.4 Å². The van der Waals surface area contributed by atoms with E-state index < -0.39 is 0 Å². The molecule has 0 fully saturated rings. The molecule has 19 heavy (non-hydrogen) atoms. The molecule has 0 unspecified atom stereocenters. The molecule has 2 aromatic rings. The highest BCUT2D eigenvalue weighted by molar-refractivity contribution is 9.10. The molecule has 1 atom stereocenters. The monoisotopic (exact) mass is 317 g/mol. The summed E-state index contributed by atoms with van der Waals surface area (Å²) in [6, 6.07) is 14.5. The zero-order valence-electron chi connectivity index (χ0n) is 10.6. The molecular weight excluding hydrogens is 302 g/mol. The molecule has 2 N–H and O–H groups in total. The first-order valence-electron chi connectivity index (χ1n) is 6.52. The van der Waals surface area contributed by atoms with Crippen LogP contribution in [0.1, 0.15) is 29.2 Å². The van der Waals surface area contributed by atoms with Crippen molar-refractivity contribution in [2.24, 2.45) is 0 Å². The Labute approximate surface area is 121 Å². The van der Waals surface area contributed by atoms with E-state index in [-0.39, 0.29) is 0 Å². The first-order chi connectivity index (χ1) is 9.24. The third kappa shape index (κ3) is 2.67. The predicted octanol–water partition coefficient (Wildman–Crippen LogP) is 3.93. The van der Waals surface area contributed by atoms with Gasteiger partial charge in [-0.3, -0.25) is 0 Å². The van der Waals surface area contributed by atoms with Gasteiger partial charge >= 0.3 is 0 Å². The molecule has 0 amide bonds. The van der Waals surface area contributed by atoms with Gasteiger partial charge in [0.1, 0.15) is 5.75 Å². The molecule has 0 heterocycles. The molecule has 0 aliphatic heterocycles. The number of hydrogen-bond acceptors (Lipinski definition) is 2. The van der Waals surface area contributed by atoms with Gasteiger partial charge in [-0.05, 0) is 42.2 Å². The summed E-state index contributed by atoms with van der Waals surface area (Å²) in [6.45, 7) is 0.685. The zero-order valence-corrected chi connectivity index (χ0v) is 12.2. The SMILES string of the molecule is Oc1ccc(Br)cc1CN[C@@H]1CCc2ccccc21. The Bertz CT molecular complexity index is 597. The fourth-order valence-electron chi connectivity index (χ4n) is 2.70. The molecular formula is C16H16BrNO. The highest BCUT2D eigenvalue weighted by Gasteiger charge is 2.21. The lowest BCUT2D eigenvalue weighted by atomic mass is 10.1. The number of benzene rings is 2. The molecule has 98 valence electrons. The summed E-state index contributed by atoms with van der Waals surface area (Å²) in [7, 11) is 0. The maximum Gasteiger partial charge on any atom is 0.120 e. The number of aromatic hydroxyl groups is 1. The number of fused-ring (bicyclic) bond motifs is 1. The first kappa shape index (κ1) is 12.7. The maximum atomic E-state index is 9.84. The van der Waals surface area contributed by atoms with E-state index in [1.165, 1.54) is 11.1 Å². The van der Waals surface area contributed by atoms with Crippen molar-refractivity contribution in [1.82, 2.24) is 5.32 Å². The van der Waals surface area contributed by atoms with Crippen molar-refractivity contribution in [1.29, 1.82) is 0 Å². The van der Waals surface area contributed by atoms with Gasteiger partial charge in [0.25, 0.3) is 0 Å². The van der Waals surface area contributed by atoms with E-state index >= 15 is 0 Å². The summed E-state index contributed by atoms with van der Waals surface area (Å²) in [6.07, 6.45) is 2.27. The van der Waals surface area contributed by atoms with Crippen LogP contribution in [0.2, 0.25) is 0 Å². The predicted molar refractivity (Wildman–Crippen MR) is 80.2 cm³/mol. The summed E-state index contributed by atoms with van der Waals surface area (Å²) in [5, 5.41) is 13.4. The van der Waals surface area contributed by atoms with Crippen molar-refractivity contribution in [2.75, 3.05) is 0 Å². The topological polar surface area (TPSA) is 32.3 Å². The minimum atomic E-state index is 0.349. The van der Waals surface area contributed by atoms with Crippen molar-refractivity contribution in [3.05, 3.63) is 63.6 Å². The Morgan fingerprint density at radius 2 is 2.05 bits per heavy atom. The Kier molecular flexibility index (Phi) is 3.58. The molecule has 0 bridgehead atoms. The van der Waals surface area contributed by atoms with Gasteiger partial charge in [0, 0.05) is 22.6 Å². The molecule has 0 saturated carbocycles. The van der Waals surface area contributed by atoms with Crippen LogP contribution in [0.3, 0.4) is 0 Å². The van der Waals surface area contributed by atoms with Crippen LogP contribution in [0.5, 0.6) is 5.75 Å².